The topological polar surface area (TPSA) is 12.4 Å². The highest BCUT2D eigenvalue weighted by atomic mass is 14.9. The van der Waals surface area contributed by atoms with Gasteiger partial charge in [-0.15, -0.1) is 0 Å². The van der Waals surface area contributed by atoms with Crippen molar-refractivity contribution in [1.29, 1.82) is 0 Å². The van der Waals surface area contributed by atoms with Crippen molar-refractivity contribution in [1.82, 2.24) is 0 Å². The van der Waals surface area contributed by atoms with Crippen LogP contribution in [0, 0.1) is 0 Å². The van der Waals surface area contributed by atoms with Gasteiger partial charge in [0.05, 0.1) is 11.3 Å². The number of aliphatic imine (C=N–C) groups is 1. The summed E-state index contributed by atoms with van der Waals surface area (Å²) in [5.74, 6) is 0. The van der Waals surface area contributed by atoms with E-state index < -0.39 is 0 Å². The van der Waals surface area contributed by atoms with Crippen molar-refractivity contribution in [2.45, 2.75) is 25.8 Å². The van der Waals surface area contributed by atoms with Crippen LogP contribution in [0.4, 0.5) is 0 Å². The van der Waals surface area contributed by atoms with Crippen molar-refractivity contribution >= 4 is 11.8 Å². The monoisotopic (exact) mass is 287 g/mol. The molecule has 0 saturated heterocycles. The van der Waals surface area contributed by atoms with Gasteiger partial charge in [0.1, 0.15) is 0 Å². The number of benzene rings is 2. The molecule has 2 aromatic carbocycles. The third kappa shape index (κ3) is 3.09. The van der Waals surface area contributed by atoms with E-state index in [2.05, 4.69) is 80.6 Å². The largest absolute Gasteiger partial charge is 0.274 e. The Labute approximate surface area is 132 Å². The fourth-order valence-electron chi connectivity index (χ4n) is 2.70. The molecule has 2 aromatic rings. The van der Waals surface area contributed by atoms with Gasteiger partial charge in [0.2, 0.25) is 0 Å². The van der Waals surface area contributed by atoms with Crippen LogP contribution in [0.15, 0.2) is 83.4 Å². The van der Waals surface area contributed by atoms with Gasteiger partial charge in [-0.05, 0) is 43.0 Å². The molecule has 0 spiro atoms. The van der Waals surface area contributed by atoms with Crippen LogP contribution >= 0.6 is 0 Å². The summed E-state index contributed by atoms with van der Waals surface area (Å²) >= 11 is 0. The van der Waals surface area contributed by atoms with E-state index in [1.807, 2.05) is 12.1 Å². The molecular weight excluding hydrogens is 266 g/mol. The highest BCUT2D eigenvalue weighted by molar-refractivity contribution is 6.11. The lowest BCUT2D eigenvalue weighted by molar-refractivity contribution is 0.573. The maximum atomic E-state index is 4.98. The Morgan fingerprint density at radius 1 is 0.955 bits per heavy atom. The van der Waals surface area contributed by atoms with Crippen LogP contribution in [0.5, 0.6) is 0 Å². The first kappa shape index (κ1) is 14.5. The maximum Gasteiger partial charge on any atom is 0.0831 e. The molecule has 1 aliphatic rings. The molecule has 1 heterocycles. The summed E-state index contributed by atoms with van der Waals surface area (Å²) < 4.78 is 0. The lowest BCUT2D eigenvalue weighted by Crippen LogP contribution is -2.20. The van der Waals surface area contributed by atoms with Crippen LogP contribution in [0.1, 0.15) is 31.4 Å². The second-order valence-corrected chi connectivity index (χ2v) is 5.98. The Kier molecular flexibility index (Phi) is 4.06. The molecule has 110 valence electrons. The minimum atomic E-state index is -0.129. The van der Waals surface area contributed by atoms with Crippen LogP contribution in [-0.2, 0) is 0 Å². The van der Waals surface area contributed by atoms with Gasteiger partial charge >= 0.3 is 0 Å². The number of hydrogen-bond acceptors (Lipinski definition) is 1. The summed E-state index contributed by atoms with van der Waals surface area (Å²) in [5, 5.41) is 0. The molecule has 1 unspecified atom stereocenters. The predicted molar refractivity (Wildman–Crippen MR) is 95.2 cm³/mol. The standard InChI is InChI=1S/C21H21N/c1-17-16-20(19-13-7-4-8-14-19)22-21(17,2)15-9-12-18-10-5-3-6-11-18/h3-14,16H,15H2,1-2H3/b12-9+. The van der Waals surface area contributed by atoms with Gasteiger partial charge < -0.3 is 0 Å². The first-order valence-electron chi connectivity index (χ1n) is 7.73. The molecule has 0 fully saturated rings. The SMILES string of the molecule is CC1=CC(c2ccccc2)=NC1(C)C/C=C/c1ccccc1. The van der Waals surface area contributed by atoms with Crippen LogP contribution in [-0.4, -0.2) is 11.3 Å². The summed E-state index contributed by atoms with van der Waals surface area (Å²) in [6.07, 6.45) is 7.53. The Balaban J connectivity index is 1.77. The Morgan fingerprint density at radius 3 is 2.27 bits per heavy atom. The highest BCUT2D eigenvalue weighted by Gasteiger charge is 2.29. The zero-order valence-corrected chi connectivity index (χ0v) is 13.2. The average Bonchev–Trinajstić information content (AvgIpc) is 2.85. The molecule has 0 aromatic heterocycles. The average molecular weight is 287 g/mol. The molecule has 1 aliphatic heterocycles. The molecule has 0 radical (unpaired) electrons. The maximum absolute atomic E-state index is 4.98. The van der Waals surface area contributed by atoms with E-state index in [4.69, 9.17) is 4.99 Å². The van der Waals surface area contributed by atoms with Gasteiger partial charge in [0.15, 0.2) is 0 Å². The summed E-state index contributed by atoms with van der Waals surface area (Å²) in [5.41, 5.74) is 4.71. The fourth-order valence-corrected chi connectivity index (χ4v) is 2.70. The normalized spacial score (nSPS) is 21.0. The fraction of sp³-hybridized carbons (Fsp3) is 0.190. The van der Waals surface area contributed by atoms with Crippen LogP contribution < -0.4 is 0 Å². The first-order valence-corrected chi connectivity index (χ1v) is 7.73. The molecule has 0 aliphatic carbocycles. The predicted octanol–water partition coefficient (Wildman–Crippen LogP) is 5.30. The van der Waals surface area contributed by atoms with Crippen LogP contribution in [0.25, 0.3) is 6.08 Å². The molecule has 0 saturated carbocycles. The van der Waals surface area contributed by atoms with Gasteiger partial charge in [-0.1, -0.05) is 72.8 Å². The summed E-state index contributed by atoms with van der Waals surface area (Å²) in [6.45, 7) is 4.39. The lowest BCUT2D eigenvalue weighted by Gasteiger charge is -2.21. The second-order valence-electron chi connectivity index (χ2n) is 5.98. The van der Waals surface area contributed by atoms with E-state index in [1.54, 1.807) is 0 Å². The van der Waals surface area contributed by atoms with Crippen molar-refractivity contribution in [3.05, 3.63) is 89.5 Å². The molecule has 1 nitrogen and oxygen atoms in total. The Morgan fingerprint density at radius 2 is 1.59 bits per heavy atom. The van der Waals surface area contributed by atoms with Crippen molar-refractivity contribution < 1.29 is 0 Å². The van der Waals surface area contributed by atoms with E-state index in [-0.39, 0.29) is 5.54 Å². The quantitative estimate of drug-likeness (QED) is 0.723. The number of hydrogen-bond donors (Lipinski definition) is 0. The summed E-state index contributed by atoms with van der Waals surface area (Å²) in [7, 11) is 0. The van der Waals surface area contributed by atoms with Crippen LogP contribution in [0.3, 0.4) is 0 Å². The van der Waals surface area contributed by atoms with Crippen molar-refractivity contribution in [3.63, 3.8) is 0 Å². The molecule has 0 amide bonds. The second kappa shape index (κ2) is 6.15. The van der Waals surface area contributed by atoms with Gasteiger partial charge in [-0.25, -0.2) is 0 Å². The minimum Gasteiger partial charge on any atom is -0.274 e. The van der Waals surface area contributed by atoms with Crippen molar-refractivity contribution in [2.24, 2.45) is 4.99 Å². The van der Waals surface area contributed by atoms with Crippen molar-refractivity contribution in [3.8, 4) is 0 Å². The van der Waals surface area contributed by atoms with Gasteiger partial charge in [0.25, 0.3) is 0 Å². The Hall–Kier alpha value is -2.41. The van der Waals surface area contributed by atoms with E-state index in [9.17, 15) is 0 Å². The third-order valence-electron chi connectivity index (χ3n) is 4.26. The first-order chi connectivity index (χ1) is 10.7. The minimum absolute atomic E-state index is 0.129. The molecule has 3 rings (SSSR count). The van der Waals surface area contributed by atoms with Gasteiger partial charge in [-0.3, -0.25) is 4.99 Å². The van der Waals surface area contributed by atoms with E-state index in [1.165, 1.54) is 16.7 Å². The third-order valence-corrected chi connectivity index (χ3v) is 4.26. The summed E-state index contributed by atoms with van der Waals surface area (Å²) in [4.78, 5) is 4.98. The lowest BCUT2D eigenvalue weighted by atomic mass is 9.91. The van der Waals surface area contributed by atoms with E-state index >= 15 is 0 Å². The van der Waals surface area contributed by atoms with Crippen LogP contribution in [0.2, 0.25) is 0 Å². The van der Waals surface area contributed by atoms with Gasteiger partial charge in [0, 0.05) is 0 Å². The van der Waals surface area contributed by atoms with E-state index in [0.717, 1.165) is 12.1 Å². The van der Waals surface area contributed by atoms with E-state index in [0.29, 0.717) is 0 Å². The summed E-state index contributed by atoms with van der Waals surface area (Å²) in [6, 6.07) is 20.8. The molecule has 1 heteroatoms. The number of rotatable bonds is 4. The number of nitrogens with zero attached hydrogens (tertiary/aromatic N) is 1. The zero-order chi connectivity index (χ0) is 15.4. The van der Waals surface area contributed by atoms with Gasteiger partial charge in [-0.2, -0.15) is 0 Å². The Bertz CT molecular complexity index is 723. The smallest absolute Gasteiger partial charge is 0.0831 e. The molecule has 0 N–H and O–H groups in total. The van der Waals surface area contributed by atoms with Crippen molar-refractivity contribution in [2.75, 3.05) is 0 Å². The molecule has 22 heavy (non-hydrogen) atoms. The molecule has 1 atom stereocenters. The molecular formula is C21H21N. The molecule has 0 bridgehead atoms. The zero-order valence-electron chi connectivity index (χ0n) is 13.2. The highest BCUT2D eigenvalue weighted by Crippen LogP contribution is 2.32. The number of allylic oxidation sites excluding steroid dienone is 1.